The van der Waals surface area contributed by atoms with Gasteiger partial charge in [0.05, 0.1) is 7.11 Å². The molecule has 0 aliphatic rings. The molecule has 0 aromatic heterocycles. The highest BCUT2D eigenvalue weighted by molar-refractivity contribution is 5.78. The third kappa shape index (κ3) is 5.20. The molecule has 4 nitrogen and oxygen atoms in total. The summed E-state index contributed by atoms with van der Waals surface area (Å²) in [6.07, 6.45) is 0. The van der Waals surface area contributed by atoms with E-state index in [1.165, 1.54) is 14.0 Å². The number of benzene rings is 2. The molecule has 122 valence electrons. The summed E-state index contributed by atoms with van der Waals surface area (Å²) < 4.78 is 4.70. The molecule has 1 unspecified atom stereocenters. The molecule has 2 aromatic rings. The number of carbonyl (C=O) groups excluding carboxylic acids is 1. The molecular formula is C19H23NO3. The molecule has 0 fully saturated rings. The molecule has 0 heterocycles. The average Bonchev–Trinajstić information content (AvgIpc) is 2.55. The normalized spacial score (nSPS) is 13.6. The van der Waals surface area contributed by atoms with Crippen LogP contribution in [0.15, 0.2) is 60.7 Å². The number of esters is 1. The van der Waals surface area contributed by atoms with E-state index in [1.54, 1.807) is 0 Å². The number of nitrogens with zero attached hydrogens (tertiary/aromatic N) is 1. The van der Waals surface area contributed by atoms with E-state index < -0.39 is 11.6 Å². The quantitative estimate of drug-likeness (QED) is 0.798. The Hall–Kier alpha value is -2.17. The van der Waals surface area contributed by atoms with E-state index in [0.717, 1.165) is 11.1 Å². The Bertz CT molecular complexity index is 570. The second-order valence-electron chi connectivity index (χ2n) is 5.88. The van der Waals surface area contributed by atoms with Crippen LogP contribution in [0.3, 0.4) is 0 Å². The molecule has 0 radical (unpaired) electrons. The van der Waals surface area contributed by atoms with Gasteiger partial charge in [0.1, 0.15) is 0 Å². The van der Waals surface area contributed by atoms with E-state index in [0.29, 0.717) is 13.1 Å². The molecule has 0 spiro atoms. The summed E-state index contributed by atoms with van der Waals surface area (Å²) >= 11 is 0. The number of ether oxygens (including phenoxy) is 1. The second kappa shape index (κ2) is 7.90. The predicted molar refractivity (Wildman–Crippen MR) is 89.6 cm³/mol. The van der Waals surface area contributed by atoms with Gasteiger partial charge >= 0.3 is 5.97 Å². The Morgan fingerprint density at radius 1 is 1.00 bits per heavy atom. The summed E-state index contributed by atoms with van der Waals surface area (Å²) in [7, 11) is 1.29. The number of methoxy groups -OCH3 is 1. The smallest absolute Gasteiger partial charge is 0.338 e. The Morgan fingerprint density at radius 2 is 1.43 bits per heavy atom. The van der Waals surface area contributed by atoms with Crippen LogP contribution < -0.4 is 0 Å². The maximum absolute atomic E-state index is 11.8. The highest BCUT2D eigenvalue weighted by Gasteiger charge is 2.33. The monoisotopic (exact) mass is 313 g/mol. The van der Waals surface area contributed by atoms with Crippen LogP contribution >= 0.6 is 0 Å². The standard InChI is InChI=1S/C19H23NO3/c1-19(22,18(21)23-2)15-20(13-16-9-5-3-6-10-16)14-17-11-7-4-8-12-17/h3-12,22H,13-15H2,1-2H3. The average molecular weight is 313 g/mol. The maximum Gasteiger partial charge on any atom is 0.338 e. The summed E-state index contributed by atoms with van der Waals surface area (Å²) in [6.45, 7) is 2.97. The van der Waals surface area contributed by atoms with Gasteiger partial charge in [-0.25, -0.2) is 4.79 Å². The van der Waals surface area contributed by atoms with Crippen molar-refractivity contribution < 1.29 is 14.6 Å². The number of rotatable bonds is 7. The highest BCUT2D eigenvalue weighted by Crippen LogP contribution is 2.15. The van der Waals surface area contributed by atoms with Gasteiger partial charge in [0, 0.05) is 19.6 Å². The molecule has 0 saturated carbocycles. The third-order valence-electron chi connectivity index (χ3n) is 3.65. The molecule has 2 rings (SSSR count). The van der Waals surface area contributed by atoms with E-state index in [9.17, 15) is 9.90 Å². The first-order valence-electron chi connectivity index (χ1n) is 7.62. The Kier molecular flexibility index (Phi) is 5.90. The van der Waals surface area contributed by atoms with Gasteiger partial charge in [-0.2, -0.15) is 0 Å². The van der Waals surface area contributed by atoms with E-state index in [4.69, 9.17) is 4.74 Å². The van der Waals surface area contributed by atoms with Crippen molar-refractivity contribution in [2.45, 2.75) is 25.6 Å². The lowest BCUT2D eigenvalue weighted by Crippen LogP contribution is -2.47. The zero-order chi connectivity index (χ0) is 16.7. The fraction of sp³-hybridized carbons (Fsp3) is 0.316. The largest absolute Gasteiger partial charge is 0.467 e. The van der Waals surface area contributed by atoms with Crippen LogP contribution in [-0.2, 0) is 22.6 Å². The Labute approximate surface area is 137 Å². The topological polar surface area (TPSA) is 49.8 Å². The number of carbonyl (C=O) groups is 1. The molecule has 0 aliphatic heterocycles. The SMILES string of the molecule is COC(=O)C(C)(O)CN(Cc1ccccc1)Cc1ccccc1. The van der Waals surface area contributed by atoms with Crippen molar-refractivity contribution in [2.24, 2.45) is 0 Å². The van der Waals surface area contributed by atoms with Gasteiger partial charge in [-0.1, -0.05) is 60.7 Å². The predicted octanol–water partition coefficient (Wildman–Crippen LogP) is 2.61. The van der Waals surface area contributed by atoms with Crippen LogP contribution in [0, 0.1) is 0 Å². The lowest BCUT2D eigenvalue weighted by Gasteiger charge is -2.30. The molecule has 0 saturated heterocycles. The minimum atomic E-state index is -1.54. The lowest BCUT2D eigenvalue weighted by atomic mass is 10.1. The van der Waals surface area contributed by atoms with Crippen LogP contribution in [0.5, 0.6) is 0 Å². The van der Waals surface area contributed by atoms with Gasteiger partial charge in [-0.3, -0.25) is 4.90 Å². The van der Waals surface area contributed by atoms with Crippen molar-refractivity contribution in [1.29, 1.82) is 0 Å². The van der Waals surface area contributed by atoms with E-state index in [1.807, 2.05) is 65.6 Å². The van der Waals surface area contributed by atoms with Gasteiger partial charge in [0.25, 0.3) is 0 Å². The van der Waals surface area contributed by atoms with Gasteiger partial charge in [-0.05, 0) is 18.1 Å². The zero-order valence-electron chi connectivity index (χ0n) is 13.6. The number of hydrogen-bond acceptors (Lipinski definition) is 4. The van der Waals surface area contributed by atoms with Crippen molar-refractivity contribution in [1.82, 2.24) is 4.90 Å². The van der Waals surface area contributed by atoms with Crippen LogP contribution in [-0.4, -0.2) is 35.2 Å². The highest BCUT2D eigenvalue weighted by atomic mass is 16.5. The van der Waals surface area contributed by atoms with Crippen LogP contribution in [0.2, 0.25) is 0 Å². The molecule has 23 heavy (non-hydrogen) atoms. The first kappa shape index (κ1) is 17.2. The molecule has 1 atom stereocenters. The van der Waals surface area contributed by atoms with Crippen LogP contribution in [0.25, 0.3) is 0 Å². The molecule has 2 aromatic carbocycles. The minimum absolute atomic E-state index is 0.198. The number of hydrogen-bond donors (Lipinski definition) is 1. The Balaban J connectivity index is 2.15. The van der Waals surface area contributed by atoms with Gasteiger partial charge in [0.2, 0.25) is 0 Å². The third-order valence-corrected chi connectivity index (χ3v) is 3.65. The summed E-state index contributed by atoms with van der Waals surface area (Å²) in [4.78, 5) is 13.8. The second-order valence-corrected chi connectivity index (χ2v) is 5.88. The Morgan fingerprint density at radius 3 is 1.83 bits per heavy atom. The molecule has 0 bridgehead atoms. The summed E-state index contributed by atoms with van der Waals surface area (Å²) in [5.41, 5.74) is 0.714. The van der Waals surface area contributed by atoms with E-state index in [-0.39, 0.29) is 6.54 Å². The van der Waals surface area contributed by atoms with E-state index in [2.05, 4.69) is 0 Å². The van der Waals surface area contributed by atoms with Crippen molar-refractivity contribution in [3.05, 3.63) is 71.8 Å². The summed E-state index contributed by atoms with van der Waals surface area (Å²) in [6, 6.07) is 20.0. The first-order valence-corrected chi connectivity index (χ1v) is 7.62. The minimum Gasteiger partial charge on any atom is -0.467 e. The molecular weight excluding hydrogens is 290 g/mol. The van der Waals surface area contributed by atoms with Crippen molar-refractivity contribution in [3.63, 3.8) is 0 Å². The van der Waals surface area contributed by atoms with E-state index >= 15 is 0 Å². The molecule has 4 heteroatoms. The molecule has 1 N–H and O–H groups in total. The van der Waals surface area contributed by atoms with Crippen molar-refractivity contribution in [3.8, 4) is 0 Å². The van der Waals surface area contributed by atoms with Crippen molar-refractivity contribution >= 4 is 5.97 Å². The summed E-state index contributed by atoms with van der Waals surface area (Å²) in [5, 5.41) is 10.4. The maximum atomic E-state index is 11.8. The van der Waals surface area contributed by atoms with Crippen LogP contribution in [0.4, 0.5) is 0 Å². The summed E-state index contributed by atoms with van der Waals surface area (Å²) in [5.74, 6) is -0.622. The molecule has 0 amide bonds. The lowest BCUT2D eigenvalue weighted by molar-refractivity contribution is -0.162. The van der Waals surface area contributed by atoms with Gasteiger partial charge in [0.15, 0.2) is 5.60 Å². The first-order chi connectivity index (χ1) is 11.0. The zero-order valence-corrected chi connectivity index (χ0v) is 13.6. The van der Waals surface area contributed by atoms with Crippen LogP contribution in [0.1, 0.15) is 18.1 Å². The number of aliphatic hydroxyl groups is 1. The molecule has 0 aliphatic carbocycles. The fourth-order valence-electron chi connectivity index (χ4n) is 2.57. The van der Waals surface area contributed by atoms with Gasteiger partial charge < -0.3 is 9.84 Å². The van der Waals surface area contributed by atoms with Gasteiger partial charge in [-0.15, -0.1) is 0 Å². The fourth-order valence-corrected chi connectivity index (χ4v) is 2.57. The van der Waals surface area contributed by atoms with Crippen molar-refractivity contribution in [2.75, 3.05) is 13.7 Å².